The highest BCUT2D eigenvalue weighted by Crippen LogP contribution is 2.30. The predicted molar refractivity (Wildman–Crippen MR) is 63.6 cm³/mol. The summed E-state index contributed by atoms with van der Waals surface area (Å²) >= 11 is 0. The molecule has 1 aromatic rings. The van der Waals surface area contributed by atoms with Gasteiger partial charge in [-0.1, -0.05) is 0 Å². The standard InChI is InChI=1S/C10H15N3O3S/c1-13(2)9-5-8(16-7-3-4-7)6-12-10(9)17(11,14)15/h5-7H,3-4H2,1-2H3,(H2,11,14,15). The monoisotopic (exact) mass is 257 g/mol. The summed E-state index contributed by atoms with van der Waals surface area (Å²) in [6.07, 6.45) is 3.71. The number of nitrogens with zero attached hydrogens (tertiary/aromatic N) is 2. The van der Waals surface area contributed by atoms with E-state index in [9.17, 15) is 8.42 Å². The van der Waals surface area contributed by atoms with Crippen LogP contribution in [-0.4, -0.2) is 33.6 Å². The van der Waals surface area contributed by atoms with Gasteiger partial charge in [-0.2, -0.15) is 0 Å². The molecule has 2 N–H and O–H groups in total. The summed E-state index contributed by atoms with van der Waals surface area (Å²) < 4.78 is 28.3. The minimum atomic E-state index is -3.82. The van der Waals surface area contributed by atoms with Crippen molar-refractivity contribution in [2.24, 2.45) is 5.14 Å². The van der Waals surface area contributed by atoms with E-state index < -0.39 is 10.0 Å². The van der Waals surface area contributed by atoms with Crippen LogP contribution in [0.3, 0.4) is 0 Å². The first-order valence-corrected chi connectivity index (χ1v) is 6.79. The highest BCUT2D eigenvalue weighted by atomic mass is 32.2. The van der Waals surface area contributed by atoms with E-state index in [0.29, 0.717) is 11.4 Å². The number of pyridine rings is 1. The van der Waals surface area contributed by atoms with E-state index >= 15 is 0 Å². The van der Waals surface area contributed by atoms with Gasteiger partial charge in [0.05, 0.1) is 18.0 Å². The third-order valence-corrected chi connectivity index (χ3v) is 3.24. The van der Waals surface area contributed by atoms with Crippen LogP contribution in [0.4, 0.5) is 5.69 Å². The maximum atomic E-state index is 11.4. The number of aromatic nitrogens is 1. The van der Waals surface area contributed by atoms with Crippen LogP contribution >= 0.6 is 0 Å². The molecule has 1 aliphatic rings. The van der Waals surface area contributed by atoms with Gasteiger partial charge in [0, 0.05) is 20.2 Å². The Bertz CT molecular complexity index is 524. The Morgan fingerprint density at radius 3 is 2.59 bits per heavy atom. The molecule has 0 radical (unpaired) electrons. The Morgan fingerprint density at radius 2 is 2.12 bits per heavy atom. The van der Waals surface area contributed by atoms with E-state index in [4.69, 9.17) is 9.88 Å². The SMILES string of the molecule is CN(C)c1cc(OC2CC2)cnc1S(N)(=O)=O. The van der Waals surface area contributed by atoms with Gasteiger partial charge in [0.2, 0.25) is 0 Å². The van der Waals surface area contributed by atoms with Crippen LogP contribution in [0.15, 0.2) is 17.3 Å². The molecule has 0 bridgehead atoms. The minimum absolute atomic E-state index is 0.134. The lowest BCUT2D eigenvalue weighted by Gasteiger charge is -2.16. The molecule has 7 heteroatoms. The minimum Gasteiger partial charge on any atom is -0.489 e. The van der Waals surface area contributed by atoms with Crippen molar-refractivity contribution in [2.45, 2.75) is 24.0 Å². The van der Waals surface area contributed by atoms with Crippen molar-refractivity contribution in [2.75, 3.05) is 19.0 Å². The zero-order valence-electron chi connectivity index (χ0n) is 9.75. The number of ether oxygens (including phenoxy) is 1. The highest BCUT2D eigenvalue weighted by molar-refractivity contribution is 7.89. The first kappa shape index (κ1) is 12.1. The summed E-state index contributed by atoms with van der Waals surface area (Å²) in [5.74, 6) is 0.573. The van der Waals surface area contributed by atoms with E-state index in [1.807, 2.05) is 0 Å². The lowest BCUT2D eigenvalue weighted by atomic mass is 10.4. The number of rotatable bonds is 4. The summed E-state index contributed by atoms with van der Waals surface area (Å²) in [4.78, 5) is 5.52. The van der Waals surface area contributed by atoms with Gasteiger partial charge in [-0.3, -0.25) is 0 Å². The summed E-state index contributed by atoms with van der Waals surface area (Å²) in [6.45, 7) is 0. The molecular formula is C10H15N3O3S. The third kappa shape index (κ3) is 2.86. The fourth-order valence-corrected chi connectivity index (χ4v) is 2.14. The summed E-state index contributed by atoms with van der Waals surface area (Å²) in [6, 6.07) is 1.64. The maximum absolute atomic E-state index is 11.4. The van der Waals surface area contributed by atoms with Crippen molar-refractivity contribution in [1.29, 1.82) is 0 Å². The van der Waals surface area contributed by atoms with Crippen LogP contribution in [0.5, 0.6) is 5.75 Å². The summed E-state index contributed by atoms with van der Waals surface area (Å²) in [7, 11) is -0.359. The van der Waals surface area contributed by atoms with Crippen LogP contribution in [0.25, 0.3) is 0 Å². The molecule has 0 aromatic carbocycles. The lowest BCUT2D eigenvalue weighted by Crippen LogP contribution is -2.20. The maximum Gasteiger partial charge on any atom is 0.257 e. The largest absolute Gasteiger partial charge is 0.489 e. The van der Waals surface area contributed by atoms with E-state index in [1.54, 1.807) is 25.1 Å². The van der Waals surface area contributed by atoms with Crippen molar-refractivity contribution in [1.82, 2.24) is 4.98 Å². The van der Waals surface area contributed by atoms with Crippen molar-refractivity contribution >= 4 is 15.7 Å². The van der Waals surface area contributed by atoms with Gasteiger partial charge in [0.15, 0.2) is 5.03 Å². The number of nitrogens with two attached hydrogens (primary N) is 1. The number of anilines is 1. The van der Waals surface area contributed by atoms with Gasteiger partial charge in [0.25, 0.3) is 10.0 Å². The van der Waals surface area contributed by atoms with Gasteiger partial charge in [-0.25, -0.2) is 18.5 Å². The van der Waals surface area contributed by atoms with Gasteiger partial charge >= 0.3 is 0 Å². The average Bonchev–Trinajstić information content (AvgIpc) is 2.99. The molecule has 17 heavy (non-hydrogen) atoms. The molecule has 1 aliphatic carbocycles. The smallest absolute Gasteiger partial charge is 0.257 e. The Hall–Kier alpha value is -1.34. The Balaban J connectivity index is 2.40. The summed E-state index contributed by atoms with van der Waals surface area (Å²) in [5.41, 5.74) is 0.436. The van der Waals surface area contributed by atoms with Gasteiger partial charge < -0.3 is 9.64 Å². The van der Waals surface area contributed by atoms with Gasteiger partial charge in [-0.15, -0.1) is 0 Å². The second-order valence-corrected chi connectivity index (χ2v) is 5.73. The normalized spacial score (nSPS) is 15.7. The van der Waals surface area contributed by atoms with Crippen LogP contribution in [-0.2, 0) is 10.0 Å². The molecule has 0 spiro atoms. The molecule has 0 unspecified atom stereocenters. The van der Waals surface area contributed by atoms with Gasteiger partial charge in [0.1, 0.15) is 5.75 Å². The first-order chi connectivity index (χ1) is 7.88. The molecule has 1 heterocycles. The molecule has 0 saturated heterocycles. The van der Waals surface area contributed by atoms with Crippen LogP contribution in [0.2, 0.25) is 0 Å². The number of sulfonamides is 1. The highest BCUT2D eigenvalue weighted by Gasteiger charge is 2.25. The van der Waals surface area contributed by atoms with Crippen LogP contribution < -0.4 is 14.8 Å². The average molecular weight is 257 g/mol. The molecular weight excluding hydrogens is 242 g/mol. The summed E-state index contributed by atoms with van der Waals surface area (Å²) in [5, 5.41) is 4.97. The molecule has 1 saturated carbocycles. The molecule has 2 rings (SSSR count). The van der Waals surface area contributed by atoms with Crippen LogP contribution in [0.1, 0.15) is 12.8 Å². The van der Waals surface area contributed by atoms with Gasteiger partial charge in [-0.05, 0) is 12.8 Å². The predicted octanol–water partition coefficient (Wildman–Crippen LogP) is 0.336. The number of primary sulfonamides is 1. The number of hydrogen-bond donors (Lipinski definition) is 1. The molecule has 6 nitrogen and oxygen atoms in total. The van der Waals surface area contributed by atoms with E-state index in [0.717, 1.165) is 12.8 Å². The van der Waals surface area contributed by atoms with Crippen molar-refractivity contribution < 1.29 is 13.2 Å². The zero-order chi connectivity index (χ0) is 12.6. The second-order valence-electron chi connectivity index (χ2n) is 4.25. The van der Waals surface area contributed by atoms with Crippen molar-refractivity contribution in [3.63, 3.8) is 0 Å². The van der Waals surface area contributed by atoms with Crippen LogP contribution in [0, 0.1) is 0 Å². The fourth-order valence-electron chi connectivity index (χ4n) is 1.40. The topological polar surface area (TPSA) is 85.5 Å². The Morgan fingerprint density at radius 1 is 1.47 bits per heavy atom. The zero-order valence-corrected chi connectivity index (χ0v) is 10.6. The first-order valence-electron chi connectivity index (χ1n) is 5.25. The van der Waals surface area contributed by atoms with Crippen molar-refractivity contribution in [3.8, 4) is 5.75 Å². The van der Waals surface area contributed by atoms with E-state index in [2.05, 4.69) is 4.98 Å². The van der Waals surface area contributed by atoms with E-state index in [1.165, 1.54) is 6.20 Å². The molecule has 94 valence electrons. The second kappa shape index (κ2) is 4.15. The Labute approximate surface area is 100 Å². The third-order valence-electron chi connectivity index (χ3n) is 2.39. The molecule has 1 aromatic heterocycles. The lowest BCUT2D eigenvalue weighted by molar-refractivity contribution is 0.301. The molecule has 0 atom stereocenters. The fraction of sp³-hybridized carbons (Fsp3) is 0.500. The quantitative estimate of drug-likeness (QED) is 0.840. The van der Waals surface area contributed by atoms with Crippen molar-refractivity contribution in [3.05, 3.63) is 12.3 Å². The molecule has 0 aliphatic heterocycles. The molecule has 1 fully saturated rings. The molecule has 0 amide bonds. The Kier molecular flexibility index (Phi) is 2.96. The van der Waals surface area contributed by atoms with E-state index in [-0.39, 0.29) is 11.1 Å². The number of hydrogen-bond acceptors (Lipinski definition) is 5.